The number of methoxy groups -OCH3 is 1. The van der Waals surface area contributed by atoms with E-state index in [1.165, 1.54) is 13.2 Å². The lowest BCUT2D eigenvalue weighted by Crippen LogP contribution is -2.19. The summed E-state index contributed by atoms with van der Waals surface area (Å²) in [4.78, 5) is 27.2. The predicted octanol–water partition coefficient (Wildman–Crippen LogP) is 5.79. The van der Waals surface area contributed by atoms with Crippen molar-refractivity contribution >= 4 is 82.3 Å². The molecule has 0 unspecified atom stereocenters. The Bertz CT molecular complexity index is 1570. The summed E-state index contributed by atoms with van der Waals surface area (Å²) in [5.41, 5.74) is 0.934. The van der Waals surface area contributed by atoms with Gasteiger partial charge in [0.15, 0.2) is 16.7 Å². The molecular formula is C23H15Br2N3O7S2. The van der Waals surface area contributed by atoms with E-state index in [0.29, 0.717) is 21.3 Å². The topological polar surface area (TPSA) is 137 Å². The predicted molar refractivity (Wildman–Crippen MR) is 147 cm³/mol. The molecule has 0 atom stereocenters. The Morgan fingerprint density at radius 2 is 1.78 bits per heavy atom. The number of nitro benzene ring substituents is 1. The number of benzene rings is 3. The second kappa shape index (κ2) is 11.0. The Kier molecular flexibility index (Phi) is 8.02. The van der Waals surface area contributed by atoms with Crippen molar-refractivity contribution in [3.8, 4) is 11.5 Å². The molecule has 0 spiro atoms. The molecule has 1 saturated heterocycles. The highest BCUT2D eigenvalue weighted by molar-refractivity contribution is 9.11. The average molecular weight is 669 g/mol. The lowest BCUT2D eigenvalue weighted by Gasteiger charge is -2.13. The molecule has 37 heavy (non-hydrogen) atoms. The number of amides is 1. The molecule has 1 amide bonds. The van der Waals surface area contributed by atoms with Crippen LogP contribution in [0.1, 0.15) is 5.56 Å². The number of hydrogen-bond acceptors (Lipinski definition) is 9. The van der Waals surface area contributed by atoms with E-state index in [1.807, 2.05) is 18.2 Å². The van der Waals surface area contributed by atoms with Gasteiger partial charge in [-0.3, -0.25) is 14.9 Å². The Morgan fingerprint density at radius 3 is 2.43 bits per heavy atom. The maximum atomic E-state index is 12.8. The molecule has 0 bridgehead atoms. The van der Waals surface area contributed by atoms with E-state index in [1.54, 1.807) is 18.2 Å². The number of thioether (sulfide) groups is 1. The van der Waals surface area contributed by atoms with Crippen molar-refractivity contribution < 1.29 is 27.1 Å². The monoisotopic (exact) mass is 667 g/mol. The number of nitrogens with zero attached hydrogens (tertiary/aromatic N) is 2. The Morgan fingerprint density at radius 1 is 1.08 bits per heavy atom. The first-order chi connectivity index (χ1) is 17.6. The molecule has 0 aromatic heterocycles. The quantitative estimate of drug-likeness (QED) is 0.145. The van der Waals surface area contributed by atoms with Gasteiger partial charge >= 0.3 is 10.1 Å². The third-order valence-electron chi connectivity index (χ3n) is 4.80. The maximum Gasteiger partial charge on any atom is 0.339 e. The van der Waals surface area contributed by atoms with Crippen LogP contribution in [-0.4, -0.2) is 31.5 Å². The summed E-state index contributed by atoms with van der Waals surface area (Å²) in [6, 6.07) is 14.7. The molecule has 1 N–H and O–H groups in total. The number of non-ortho nitro benzene ring substituents is 1. The van der Waals surface area contributed by atoms with Crippen LogP contribution in [0.4, 0.5) is 11.4 Å². The van der Waals surface area contributed by atoms with E-state index in [0.717, 1.165) is 40.5 Å². The van der Waals surface area contributed by atoms with Crippen LogP contribution in [0.25, 0.3) is 6.08 Å². The summed E-state index contributed by atoms with van der Waals surface area (Å²) in [5, 5.41) is 13.9. The number of carbonyl (C=O) groups excluding carboxylic acids is 1. The van der Waals surface area contributed by atoms with Crippen LogP contribution in [0.5, 0.6) is 11.5 Å². The van der Waals surface area contributed by atoms with Crippen molar-refractivity contribution in [1.82, 2.24) is 5.32 Å². The SMILES string of the molecule is COc1cc(/C=C2/SC(=Nc3ccccc3Br)NC2=O)cc(Br)c1OS(=O)(=O)c1ccc([N+](=O)[O-])cc1. The van der Waals surface area contributed by atoms with Crippen LogP contribution in [0.2, 0.25) is 0 Å². The van der Waals surface area contributed by atoms with Gasteiger partial charge in [-0.2, -0.15) is 8.42 Å². The molecule has 0 radical (unpaired) electrons. The average Bonchev–Trinajstić information content (AvgIpc) is 3.20. The molecule has 1 aliphatic rings. The van der Waals surface area contributed by atoms with Crippen molar-refractivity contribution in [2.24, 2.45) is 4.99 Å². The summed E-state index contributed by atoms with van der Waals surface area (Å²) >= 11 is 7.87. The Labute approximate surface area is 232 Å². The number of amidine groups is 1. The number of para-hydroxylation sites is 1. The summed E-state index contributed by atoms with van der Waals surface area (Å²) in [5.74, 6) is -0.382. The number of rotatable bonds is 7. The number of aliphatic imine (C=N–C) groups is 1. The molecule has 190 valence electrons. The standard InChI is InChI=1S/C23H15Br2N3O7S2/c1-34-19-11-13(12-20-22(29)27-23(36-20)26-18-5-3-2-4-16(18)24)10-17(25)21(19)35-37(32,33)15-8-6-14(7-9-15)28(30)31/h2-12H,1H3,(H,26,27,29)/b20-12+. The number of ether oxygens (including phenoxy) is 1. The largest absolute Gasteiger partial charge is 0.493 e. The molecule has 0 saturated carbocycles. The molecule has 1 fully saturated rings. The van der Waals surface area contributed by atoms with Crippen LogP contribution in [0.3, 0.4) is 0 Å². The van der Waals surface area contributed by atoms with Crippen molar-refractivity contribution in [1.29, 1.82) is 0 Å². The highest BCUT2D eigenvalue weighted by atomic mass is 79.9. The molecular weight excluding hydrogens is 654 g/mol. The van der Waals surface area contributed by atoms with Crippen LogP contribution in [0.15, 0.2) is 84.4 Å². The van der Waals surface area contributed by atoms with Gasteiger partial charge in [0.2, 0.25) is 0 Å². The fourth-order valence-corrected chi connectivity index (χ4v) is 5.89. The first kappa shape index (κ1) is 26.9. The van der Waals surface area contributed by atoms with Gasteiger partial charge in [0.25, 0.3) is 11.6 Å². The normalized spacial score (nSPS) is 15.6. The van der Waals surface area contributed by atoms with Gasteiger partial charge in [-0.25, -0.2) is 4.99 Å². The van der Waals surface area contributed by atoms with E-state index in [9.17, 15) is 23.3 Å². The maximum absolute atomic E-state index is 12.8. The number of nitrogens with one attached hydrogen (secondary N) is 1. The molecule has 0 aliphatic carbocycles. The van der Waals surface area contributed by atoms with Crippen molar-refractivity contribution in [2.75, 3.05) is 7.11 Å². The first-order valence-corrected chi connectivity index (χ1v) is 14.0. The van der Waals surface area contributed by atoms with Gasteiger partial charge in [-0.1, -0.05) is 12.1 Å². The zero-order valence-electron chi connectivity index (χ0n) is 18.7. The third-order valence-corrected chi connectivity index (χ3v) is 8.21. The summed E-state index contributed by atoms with van der Waals surface area (Å²) in [7, 11) is -2.99. The van der Waals surface area contributed by atoms with Gasteiger partial charge in [0.1, 0.15) is 4.90 Å². The number of hydrogen-bond donors (Lipinski definition) is 1. The van der Waals surface area contributed by atoms with E-state index in [4.69, 9.17) is 8.92 Å². The Balaban J connectivity index is 1.60. The van der Waals surface area contributed by atoms with E-state index in [-0.39, 0.29) is 32.5 Å². The van der Waals surface area contributed by atoms with Gasteiger partial charge in [-0.05, 0) is 91.7 Å². The fraction of sp³-hybridized carbons (Fsp3) is 0.0435. The minimum absolute atomic E-state index is 0.0808. The molecule has 1 heterocycles. The van der Waals surface area contributed by atoms with Gasteiger partial charge in [0, 0.05) is 16.6 Å². The first-order valence-electron chi connectivity index (χ1n) is 10.2. The molecule has 4 rings (SSSR count). The van der Waals surface area contributed by atoms with Gasteiger partial charge in [0.05, 0.1) is 27.1 Å². The number of halogens is 2. The third kappa shape index (κ3) is 6.21. The van der Waals surface area contributed by atoms with E-state index >= 15 is 0 Å². The summed E-state index contributed by atoms with van der Waals surface area (Å²) < 4.78 is 37.2. The van der Waals surface area contributed by atoms with E-state index in [2.05, 4.69) is 42.2 Å². The van der Waals surface area contributed by atoms with Crippen molar-refractivity contribution in [3.05, 3.63) is 90.2 Å². The Hall–Kier alpha value is -3.20. The fourth-order valence-electron chi connectivity index (χ4n) is 3.08. The van der Waals surface area contributed by atoms with Crippen LogP contribution >= 0.6 is 43.6 Å². The highest BCUT2D eigenvalue weighted by Crippen LogP contribution is 2.40. The molecule has 1 aliphatic heterocycles. The molecule has 3 aromatic rings. The zero-order chi connectivity index (χ0) is 26.7. The van der Waals surface area contributed by atoms with Crippen molar-refractivity contribution in [2.45, 2.75) is 4.90 Å². The lowest BCUT2D eigenvalue weighted by molar-refractivity contribution is -0.384. The minimum Gasteiger partial charge on any atom is -0.493 e. The summed E-state index contributed by atoms with van der Waals surface area (Å²) in [6.45, 7) is 0. The lowest BCUT2D eigenvalue weighted by atomic mass is 10.2. The minimum atomic E-state index is -4.33. The highest BCUT2D eigenvalue weighted by Gasteiger charge is 2.26. The zero-order valence-corrected chi connectivity index (χ0v) is 23.5. The van der Waals surface area contributed by atoms with Crippen molar-refractivity contribution in [3.63, 3.8) is 0 Å². The smallest absolute Gasteiger partial charge is 0.339 e. The van der Waals surface area contributed by atoms with Crippen LogP contribution in [-0.2, 0) is 14.9 Å². The van der Waals surface area contributed by atoms with Crippen LogP contribution < -0.4 is 14.2 Å². The molecule has 3 aromatic carbocycles. The second-order valence-electron chi connectivity index (χ2n) is 7.26. The number of nitro groups is 1. The van der Waals surface area contributed by atoms with E-state index < -0.39 is 15.0 Å². The van der Waals surface area contributed by atoms with Crippen LogP contribution in [0, 0.1) is 10.1 Å². The number of carbonyl (C=O) groups is 1. The second-order valence-corrected chi connectivity index (χ2v) is 11.5. The molecule has 14 heteroatoms. The van der Waals surface area contributed by atoms with Gasteiger partial charge in [-0.15, -0.1) is 0 Å². The molecule has 10 nitrogen and oxygen atoms in total. The summed E-state index contributed by atoms with van der Waals surface area (Å²) in [6.07, 6.45) is 1.60. The van der Waals surface area contributed by atoms with Gasteiger partial charge < -0.3 is 14.2 Å².